The van der Waals surface area contributed by atoms with Crippen molar-refractivity contribution in [1.82, 2.24) is 4.98 Å². The Balaban J connectivity index is 1.65. The first-order valence-electron chi connectivity index (χ1n) is 6.50. The molecule has 1 heterocycles. The first kappa shape index (κ1) is 13.1. The molecule has 1 aliphatic carbocycles. The van der Waals surface area contributed by atoms with Gasteiger partial charge < -0.3 is 10.6 Å². The number of hydrogen-bond acceptors (Lipinski definition) is 3. The highest BCUT2D eigenvalue weighted by Crippen LogP contribution is 2.24. The summed E-state index contributed by atoms with van der Waals surface area (Å²) in [5.74, 6) is -0.203. The van der Waals surface area contributed by atoms with E-state index in [0.29, 0.717) is 11.7 Å². The summed E-state index contributed by atoms with van der Waals surface area (Å²) in [6.07, 6.45) is 4.13. The quantitative estimate of drug-likeness (QED) is 0.898. The number of carbonyl (C=O) groups excluding carboxylic acids is 1. The monoisotopic (exact) mass is 331 g/mol. The van der Waals surface area contributed by atoms with Crippen LogP contribution >= 0.6 is 15.9 Å². The molecule has 2 N–H and O–H groups in total. The Morgan fingerprint density at radius 1 is 1.10 bits per heavy atom. The van der Waals surface area contributed by atoms with Crippen molar-refractivity contribution >= 4 is 33.2 Å². The molecule has 1 fully saturated rings. The summed E-state index contributed by atoms with van der Waals surface area (Å²) < 4.78 is 0.976. The highest BCUT2D eigenvalue weighted by molar-refractivity contribution is 9.10. The molecule has 1 saturated carbocycles. The average molecular weight is 332 g/mol. The molecule has 102 valence electrons. The van der Waals surface area contributed by atoms with Crippen LogP contribution < -0.4 is 10.6 Å². The van der Waals surface area contributed by atoms with Crippen LogP contribution in [0.5, 0.6) is 0 Å². The van der Waals surface area contributed by atoms with Crippen molar-refractivity contribution in [2.75, 3.05) is 10.6 Å². The number of hydrogen-bond donors (Lipinski definition) is 2. The SMILES string of the molecule is O=C(Nc1ccc(Br)cc1)c1ccc(NC2CC2)cn1. The lowest BCUT2D eigenvalue weighted by Crippen LogP contribution is -2.13. The van der Waals surface area contributed by atoms with Gasteiger partial charge in [-0.1, -0.05) is 15.9 Å². The fraction of sp³-hybridized carbons (Fsp3) is 0.200. The maximum absolute atomic E-state index is 12.0. The maximum Gasteiger partial charge on any atom is 0.274 e. The van der Waals surface area contributed by atoms with E-state index in [1.54, 1.807) is 12.3 Å². The molecule has 20 heavy (non-hydrogen) atoms. The topological polar surface area (TPSA) is 54.0 Å². The van der Waals surface area contributed by atoms with Gasteiger partial charge in [-0.05, 0) is 49.2 Å². The summed E-state index contributed by atoms with van der Waals surface area (Å²) in [6.45, 7) is 0. The van der Waals surface area contributed by atoms with E-state index < -0.39 is 0 Å². The Hall–Kier alpha value is -1.88. The Labute approximate surface area is 125 Å². The maximum atomic E-state index is 12.0. The molecule has 0 radical (unpaired) electrons. The van der Waals surface area contributed by atoms with Gasteiger partial charge >= 0.3 is 0 Å². The zero-order chi connectivity index (χ0) is 13.9. The molecule has 5 heteroatoms. The van der Waals surface area contributed by atoms with Crippen LogP contribution in [-0.2, 0) is 0 Å². The van der Waals surface area contributed by atoms with Crippen molar-refractivity contribution in [3.63, 3.8) is 0 Å². The largest absolute Gasteiger partial charge is 0.381 e. The number of pyridine rings is 1. The molecule has 3 rings (SSSR count). The van der Waals surface area contributed by atoms with E-state index in [1.807, 2.05) is 30.3 Å². The molecule has 1 aromatic carbocycles. The van der Waals surface area contributed by atoms with Crippen LogP contribution in [0.2, 0.25) is 0 Å². The number of anilines is 2. The lowest BCUT2D eigenvalue weighted by molar-refractivity contribution is 0.102. The molecule has 4 nitrogen and oxygen atoms in total. The third-order valence-electron chi connectivity index (χ3n) is 3.05. The number of halogens is 1. The van der Waals surface area contributed by atoms with Crippen molar-refractivity contribution in [3.05, 3.63) is 52.8 Å². The van der Waals surface area contributed by atoms with Gasteiger partial charge in [-0.3, -0.25) is 4.79 Å². The van der Waals surface area contributed by atoms with Gasteiger partial charge in [0.05, 0.1) is 11.9 Å². The van der Waals surface area contributed by atoms with E-state index >= 15 is 0 Å². The number of rotatable bonds is 4. The Morgan fingerprint density at radius 3 is 2.40 bits per heavy atom. The lowest BCUT2D eigenvalue weighted by Gasteiger charge is -2.06. The number of aromatic nitrogens is 1. The summed E-state index contributed by atoms with van der Waals surface area (Å²) in [6, 6.07) is 11.6. The highest BCUT2D eigenvalue weighted by atomic mass is 79.9. The minimum atomic E-state index is -0.203. The third kappa shape index (κ3) is 3.36. The van der Waals surface area contributed by atoms with Crippen molar-refractivity contribution in [2.24, 2.45) is 0 Å². The molecule has 0 saturated heterocycles. The second kappa shape index (κ2) is 5.63. The zero-order valence-electron chi connectivity index (χ0n) is 10.8. The molecule has 0 atom stereocenters. The van der Waals surface area contributed by atoms with Gasteiger partial charge in [0.25, 0.3) is 5.91 Å². The number of nitrogens with one attached hydrogen (secondary N) is 2. The van der Waals surface area contributed by atoms with Crippen LogP contribution in [0.4, 0.5) is 11.4 Å². The van der Waals surface area contributed by atoms with Crippen LogP contribution in [-0.4, -0.2) is 16.9 Å². The van der Waals surface area contributed by atoms with Crippen molar-refractivity contribution in [2.45, 2.75) is 18.9 Å². The van der Waals surface area contributed by atoms with E-state index in [9.17, 15) is 4.79 Å². The smallest absolute Gasteiger partial charge is 0.274 e. The zero-order valence-corrected chi connectivity index (χ0v) is 12.4. The summed E-state index contributed by atoms with van der Waals surface area (Å²) in [7, 11) is 0. The van der Waals surface area contributed by atoms with Crippen molar-refractivity contribution in [3.8, 4) is 0 Å². The normalized spacial score (nSPS) is 13.8. The summed E-state index contributed by atoms with van der Waals surface area (Å²) in [5.41, 5.74) is 2.13. The molecule has 0 bridgehead atoms. The fourth-order valence-electron chi connectivity index (χ4n) is 1.81. The van der Waals surface area contributed by atoms with Crippen LogP contribution in [0.15, 0.2) is 47.1 Å². The lowest BCUT2D eigenvalue weighted by atomic mass is 10.3. The van der Waals surface area contributed by atoms with E-state index in [1.165, 1.54) is 12.8 Å². The Morgan fingerprint density at radius 2 is 1.80 bits per heavy atom. The molecular formula is C15H14BrN3O. The molecular weight excluding hydrogens is 318 g/mol. The van der Waals surface area contributed by atoms with Gasteiger partial charge in [0.2, 0.25) is 0 Å². The second-order valence-corrected chi connectivity index (χ2v) is 5.73. The number of carbonyl (C=O) groups is 1. The predicted molar refractivity (Wildman–Crippen MR) is 83.0 cm³/mol. The van der Waals surface area contributed by atoms with E-state index in [-0.39, 0.29) is 5.91 Å². The summed E-state index contributed by atoms with van der Waals surface area (Å²) in [4.78, 5) is 16.2. The van der Waals surface area contributed by atoms with E-state index in [0.717, 1.165) is 15.8 Å². The van der Waals surface area contributed by atoms with Gasteiger partial charge in [-0.25, -0.2) is 4.98 Å². The predicted octanol–water partition coefficient (Wildman–Crippen LogP) is 3.67. The van der Waals surface area contributed by atoms with Crippen LogP contribution in [0, 0.1) is 0 Å². The molecule has 0 aliphatic heterocycles. The van der Waals surface area contributed by atoms with Crippen LogP contribution in [0.25, 0.3) is 0 Å². The molecule has 0 spiro atoms. The van der Waals surface area contributed by atoms with E-state index in [2.05, 4.69) is 31.5 Å². The van der Waals surface area contributed by atoms with Gasteiger partial charge in [0.1, 0.15) is 5.69 Å². The molecule has 1 aliphatic rings. The first-order valence-corrected chi connectivity index (χ1v) is 7.29. The fourth-order valence-corrected chi connectivity index (χ4v) is 2.07. The Bertz CT molecular complexity index is 606. The molecule has 0 unspecified atom stereocenters. The summed E-state index contributed by atoms with van der Waals surface area (Å²) in [5, 5.41) is 6.15. The first-order chi connectivity index (χ1) is 9.70. The van der Waals surface area contributed by atoms with Gasteiger partial charge in [0, 0.05) is 16.2 Å². The number of nitrogens with zero attached hydrogens (tertiary/aromatic N) is 1. The third-order valence-corrected chi connectivity index (χ3v) is 3.58. The molecule has 1 amide bonds. The number of amides is 1. The second-order valence-electron chi connectivity index (χ2n) is 4.81. The minimum Gasteiger partial charge on any atom is -0.381 e. The summed E-state index contributed by atoms with van der Waals surface area (Å²) >= 11 is 3.36. The highest BCUT2D eigenvalue weighted by Gasteiger charge is 2.20. The van der Waals surface area contributed by atoms with Crippen LogP contribution in [0.3, 0.4) is 0 Å². The van der Waals surface area contributed by atoms with Gasteiger partial charge in [-0.15, -0.1) is 0 Å². The van der Waals surface area contributed by atoms with Gasteiger partial charge in [0.15, 0.2) is 0 Å². The minimum absolute atomic E-state index is 0.203. The Kier molecular flexibility index (Phi) is 3.69. The standard InChI is InChI=1S/C15H14BrN3O/c16-10-1-3-12(4-2-10)19-15(20)14-8-7-13(9-17-14)18-11-5-6-11/h1-4,7-9,11,18H,5-6H2,(H,19,20). The average Bonchev–Trinajstić information content (AvgIpc) is 3.26. The molecule has 2 aromatic rings. The van der Waals surface area contributed by atoms with Crippen LogP contribution in [0.1, 0.15) is 23.3 Å². The van der Waals surface area contributed by atoms with Crippen molar-refractivity contribution < 1.29 is 4.79 Å². The molecule has 1 aromatic heterocycles. The van der Waals surface area contributed by atoms with Gasteiger partial charge in [-0.2, -0.15) is 0 Å². The van der Waals surface area contributed by atoms with E-state index in [4.69, 9.17) is 0 Å². The van der Waals surface area contributed by atoms with Crippen molar-refractivity contribution in [1.29, 1.82) is 0 Å². The number of benzene rings is 1.